The van der Waals surface area contributed by atoms with Gasteiger partial charge < -0.3 is 10.6 Å². The van der Waals surface area contributed by atoms with E-state index >= 15 is 0 Å². The van der Waals surface area contributed by atoms with Crippen molar-refractivity contribution in [3.63, 3.8) is 0 Å². The molecule has 0 unspecified atom stereocenters. The molecule has 149 valence electrons. The third-order valence-electron chi connectivity index (χ3n) is 2.95. The number of hydrogen-bond acceptors (Lipinski definition) is 2. The van der Waals surface area contributed by atoms with Crippen LogP contribution in [0.5, 0.6) is 0 Å². The fraction of sp³-hybridized carbons (Fsp3) is 0.700. The Kier molecular flexibility index (Phi) is 20.4. The van der Waals surface area contributed by atoms with Crippen LogP contribution >= 0.6 is 0 Å². The van der Waals surface area contributed by atoms with E-state index in [1.54, 1.807) is 14.1 Å². The van der Waals surface area contributed by atoms with Crippen molar-refractivity contribution in [2.24, 2.45) is 21.8 Å². The van der Waals surface area contributed by atoms with E-state index in [2.05, 4.69) is 48.3 Å². The average molecular weight is 398 g/mol. The summed E-state index contributed by atoms with van der Waals surface area (Å²) in [5, 5.41) is 8.07. The van der Waals surface area contributed by atoms with Crippen molar-refractivity contribution >= 4 is 11.4 Å². The topological polar surface area (TPSA) is 52.9 Å². The second-order valence-electron chi connectivity index (χ2n) is 6.77. The molecule has 0 aliphatic rings. The molecule has 0 aromatic rings. The van der Waals surface area contributed by atoms with E-state index in [0.29, 0.717) is 11.8 Å². The first kappa shape index (κ1) is 28.7. The van der Waals surface area contributed by atoms with Crippen LogP contribution in [0.1, 0.15) is 55.4 Å². The quantitative estimate of drug-likeness (QED) is 0.355. The van der Waals surface area contributed by atoms with Crippen molar-refractivity contribution in [3.05, 3.63) is 34.2 Å². The number of aliphatic imine (C=N–C) groups is 2. The van der Waals surface area contributed by atoms with Gasteiger partial charge in [0.1, 0.15) is 0 Å². The van der Waals surface area contributed by atoms with Gasteiger partial charge in [0.05, 0.1) is 0 Å². The van der Waals surface area contributed by atoms with Gasteiger partial charge in [-0.25, -0.2) is 0 Å². The molecule has 0 aliphatic heterocycles. The monoisotopic (exact) mass is 397 g/mol. The summed E-state index contributed by atoms with van der Waals surface area (Å²) in [4.78, 5) is 8.78. The molecule has 1 radical (unpaired) electrons. The molecule has 5 heteroatoms. The van der Waals surface area contributed by atoms with Crippen molar-refractivity contribution in [1.29, 1.82) is 0 Å². The van der Waals surface area contributed by atoms with Crippen molar-refractivity contribution in [3.8, 4) is 0 Å². The summed E-state index contributed by atoms with van der Waals surface area (Å²) in [6.45, 7) is 18.4. The molecule has 0 saturated carbocycles. The van der Waals surface area contributed by atoms with Crippen molar-refractivity contribution in [2.45, 2.75) is 55.4 Å². The minimum absolute atomic E-state index is 0. The maximum absolute atomic E-state index is 4.39. The Labute approximate surface area is 167 Å². The number of rotatable bonds is 8. The summed E-state index contributed by atoms with van der Waals surface area (Å²) >= 11 is 0. The van der Waals surface area contributed by atoms with Gasteiger partial charge in [-0.3, -0.25) is 9.98 Å². The van der Waals surface area contributed by atoms with Crippen molar-refractivity contribution < 1.29 is 17.1 Å². The number of hydrogen-bond donors (Lipinski definition) is 0. The Hall–Kier alpha value is -1.06. The second kappa shape index (κ2) is 17.8. The van der Waals surface area contributed by atoms with Gasteiger partial charge in [0, 0.05) is 24.5 Å². The number of allylic oxidation sites excluding steroid dienone is 4. The first-order valence-electron chi connectivity index (χ1n) is 8.70. The maximum Gasteiger partial charge on any atom is 2.00 e. The number of nitrogens with zero attached hydrogens (tertiary/aromatic N) is 4. The Morgan fingerprint density at radius 2 is 1.00 bits per heavy atom. The molecule has 0 bridgehead atoms. The zero-order valence-corrected chi connectivity index (χ0v) is 18.8. The summed E-state index contributed by atoms with van der Waals surface area (Å²) in [5.41, 5.74) is 4.18. The molecule has 0 atom stereocenters. The first-order valence-corrected chi connectivity index (χ1v) is 8.70. The molecule has 0 N–H and O–H groups in total. The second-order valence-corrected chi connectivity index (χ2v) is 6.77. The van der Waals surface area contributed by atoms with Crippen LogP contribution < -0.4 is 0 Å². The van der Waals surface area contributed by atoms with Crippen molar-refractivity contribution in [1.82, 2.24) is 0 Å². The molecule has 0 heterocycles. The van der Waals surface area contributed by atoms with Gasteiger partial charge in [-0.15, -0.1) is 14.1 Å². The molecule has 0 saturated heterocycles. The average Bonchev–Trinajstić information content (AvgIpc) is 2.51. The van der Waals surface area contributed by atoms with Gasteiger partial charge in [0.2, 0.25) is 0 Å². The first-order chi connectivity index (χ1) is 11.1. The van der Waals surface area contributed by atoms with Crippen LogP contribution in [0.25, 0.3) is 10.6 Å². The summed E-state index contributed by atoms with van der Waals surface area (Å²) in [6, 6.07) is 0. The summed E-state index contributed by atoms with van der Waals surface area (Å²) in [6.07, 6.45) is 4.00. The zero-order valence-electron chi connectivity index (χ0n) is 17.8. The third kappa shape index (κ3) is 22.9. The Morgan fingerprint density at radius 3 is 1.20 bits per heavy atom. The fourth-order valence-corrected chi connectivity index (χ4v) is 1.48. The SMILES string of the molecule is C[N-]/C(C)=C\C(C)=NCC(C)C.C[N-]/C(C)=C\C(C)=NCC(C)C.[Cu+2]. The Balaban J connectivity index is -0.000000372. The Morgan fingerprint density at radius 1 is 0.720 bits per heavy atom. The van der Waals surface area contributed by atoms with Crippen molar-refractivity contribution in [2.75, 3.05) is 27.2 Å². The molecule has 4 nitrogen and oxygen atoms in total. The zero-order chi connectivity index (χ0) is 19.1. The van der Waals surface area contributed by atoms with Crippen LogP contribution in [-0.2, 0) is 17.1 Å². The predicted molar refractivity (Wildman–Crippen MR) is 112 cm³/mol. The van der Waals surface area contributed by atoms with E-state index in [4.69, 9.17) is 0 Å². The molecule has 0 amide bonds. The smallest absolute Gasteiger partial charge is 0.691 e. The van der Waals surface area contributed by atoms with Crippen LogP contribution in [0.3, 0.4) is 0 Å². The predicted octanol–water partition coefficient (Wildman–Crippen LogP) is 6.02. The van der Waals surface area contributed by atoms with Gasteiger partial charge in [-0.1, -0.05) is 53.7 Å². The van der Waals surface area contributed by atoms with Crippen LogP contribution in [0.4, 0.5) is 0 Å². The largest absolute Gasteiger partial charge is 2.00 e. The summed E-state index contributed by atoms with van der Waals surface area (Å²) < 4.78 is 0. The van der Waals surface area contributed by atoms with E-state index in [1.165, 1.54) is 0 Å². The van der Waals surface area contributed by atoms with Gasteiger partial charge in [-0.2, -0.15) is 11.4 Å². The van der Waals surface area contributed by atoms with E-state index in [0.717, 1.165) is 35.9 Å². The van der Waals surface area contributed by atoms with Crippen LogP contribution in [0.2, 0.25) is 0 Å². The third-order valence-corrected chi connectivity index (χ3v) is 2.95. The van der Waals surface area contributed by atoms with Crippen LogP contribution in [0, 0.1) is 11.8 Å². The van der Waals surface area contributed by atoms with E-state index < -0.39 is 0 Å². The van der Waals surface area contributed by atoms with E-state index in [9.17, 15) is 0 Å². The summed E-state index contributed by atoms with van der Waals surface area (Å²) in [5.74, 6) is 1.26. The molecule has 0 spiro atoms. The molecular formula is C20H38CuN4. The molecule has 0 aromatic carbocycles. The molecule has 0 aliphatic carbocycles. The standard InChI is InChI=1S/2C10H19N2.Cu/c2*1-8(2)7-12-10(4)6-9(3)11-5;/h2*6,8H,7H2,1-5H3;/q2*-1;+2/b2*9-6-,12-10?;. The fourth-order valence-electron chi connectivity index (χ4n) is 1.48. The minimum Gasteiger partial charge on any atom is -0.691 e. The van der Waals surface area contributed by atoms with Crippen LogP contribution in [-0.4, -0.2) is 38.6 Å². The van der Waals surface area contributed by atoms with Crippen LogP contribution in [0.15, 0.2) is 33.5 Å². The maximum atomic E-state index is 4.39. The molecule has 0 rings (SSSR count). The van der Waals surface area contributed by atoms with E-state index in [-0.39, 0.29) is 17.1 Å². The van der Waals surface area contributed by atoms with Gasteiger partial charge in [0.15, 0.2) is 0 Å². The summed E-state index contributed by atoms with van der Waals surface area (Å²) in [7, 11) is 3.59. The molecule has 0 fully saturated rings. The van der Waals surface area contributed by atoms with Gasteiger partial charge in [-0.05, 0) is 25.7 Å². The van der Waals surface area contributed by atoms with Gasteiger partial charge >= 0.3 is 17.1 Å². The Bertz CT molecular complexity index is 405. The molecule has 0 aromatic heterocycles. The molecular weight excluding hydrogens is 360 g/mol. The van der Waals surface area contributed by atoms with Gasteiger partial charge in [0.25, 0.3) is 0 Å². The molecule has 25 heavy (non-hydrogen) atoms. The van der Waals surface area contributed by atoms with E-state index in [1.807, 2.05) is 39.8 Å². The minimum atomic E-state index is 0. The normalized spacial score (nSPS) is 13.3.